The van der Waals surface area contributed by atoms with E-state index in [4.69, 9.17) is 11.6 Å². The number of hydrogen-bond acceptors (Lipinski definition) is 5. The molecule has 1 aliphatic heterocycles. The number of amides is 2. The van der Waals surface area contributed by atoms with Gasteiger partial charge in [-0.15, -0.1) is 11.3 Å². The third-order valence-electron chi connectivity index (χ3n) is 4.89. The van der Waals surface area contributed by atoms with Crippen LogP contribution in [0.15, 0.2) is 29.6 Å². The Labute approximate surface area is 174 Å². The van der Waals surface area contributed by atoms with Gasteiger partial charge in [-0.3, -0.25) is 14.5 Å². The number of thiazole rings is 1. The minimum absolute atomic E-state index is 0.296. The zero-order valence-electron chi connectivity index (χ0n) is 16.1. The first kappa shape index (κ1) is 20.8. The standard InChI is InChI=1S/C20H25ClN4O2S/c1-13-7-9-25(10-8-13)11-17-12-28-20(23-17)24-18(26)14(2)22-19(27)15-3-5-16(21)6-4-15/h3-6,12-14H,7-11H2,1-2H3,(H,22,27)(H,23,24,26)/t14-/m1/s1. The fraction of sp³-hybridized carbons (Fsp3) is 0.450. The van der Waals surface area contributed by atoms with Crippen LogP contribution in [0.5, 0.6) is 0 Å². The van der Waals surface area contributed by atoms with Crippen molar-refractivity contribution in [1.82, 2.24) is 15.2 Å². The van der Waals surface area contributed by atoms with Crippen LogP contribution in [0.3, 0.4) is 0 Å². The maximum Gasteiger partial charge on any atom is 0.251 e. The quantitative estimate of drug-likeness (QED) is 0.745. The molecular weight excluding hydrogens is 396 g/mol. The van der Waals surface area contributed by atoms with Gasteiger partial charge in [0.15, 0.2) is 5.13 Å². The van der Waals surface area contributed by atoms with Crippen LogP contribution in [0, 0.1) is 5.92 Å². The number of anilines is 1. The van der Waals surface area contributed by atoms with Gasteiger partial charge < -0.3 is 10.6 Å². The number of carbonyl (C=O) groups is 2. The van der Waals surface area contributed by atoms with Gasteiger partial charge in [-0.25, -0.2) is 4.98 Å². The lowest BCUT2D eigenvalue weighted by atomic mass is 9.99. The number of likely N-dealkylation sites (tertiary alicyclic amines) is 1. The van der Waals surface area contributed by atoms with Crippen LogP contribution in [-0.4, -0.2) is 40.8 Å². The molecule has 0 unspecified atom stereocenters. The Morgan fingerprint density at radius 1 is 1.29 bits per heavy atom. The summed E-state index contributed by atoms with van der Waals surface area (Å²) in [6.45, 7) is 6.93. The van der Waals surface area contributed by atoms with Crippen molar-refractivity contribution in [2.45, 2.75) is 39.3 Å². The highest BCUT2D eigenvalue weighted by molar-refractivity contribution is 7.13. The summed E-state index contributed by atoms with van der Waals surface area (Å²) in [6, 6.07) is 5.84. The summed E-state index contributed by atoms with van der Waals surface area (Å²) in [6.07, 6.45) is 2.44. The van der Waals surface area contributed by atoms with Crippen molar-refractivity contribution in [3.8, 4) is 0 Å². The molecule has 2 aromatic rings. The molecule has 0 saturated carbocycles. The SMILES string of the molecule is CC1CCN(Cc2csc(NC(=O)[C@@H](C)NC(=O)c3ccc(Cl)cc3)n2)CC1. The van der Waals surface area contributed by atoms with Gasteiger partial charge in [0.2, 0.25) is 5.91 Å². The van der Waals surface area contributed by atoms with E-state index >= 15 is 0 Å². The van der Waals surface area contributed by atoms with Crippen molar-refractivity contribution in [3.05, 3.63) is 45.9 Å². The van der Waals surface area contributed by atoms with Crippen LogP contribution in [0.25, 0.3) is 0 Å². The molecule has 2 amide bonds. The molecule has 2 heterocycles. The molecular formula is C20H25ClN4O2S. The summed E-state index contributed by atoms with van der Waals surface area (Å²) in [5.74, 6) is 0.180. The van der Waals surface area contributed by atoms with Crippen molar-refractivity contribution >= 4 is 39.9 Å². The van der Waals surface area contributed by atoms with Gasteiger partial charge in [-0.1, -0.05) is 18.5 Å². The fourth-order valence-corrected chi connectivity index (χ4v) is 3.88. The lowest BCUT2D eigenvalue weighted by Crippen LogP contribution is -2.41. The number of nitrogens with zero attached hydrogens (tertiary/aromatic N) is 2. The topological polar surface area (TPSA) is 74.3 Å². The van der Waals surface area contributed by atoms with Gasteiger partial charge in [-0.05, 0) is 63.0 Å². The summed E-state index contributed by atoms with van der Waals surface area (Å²) in [7, 11) is 0. The van der Waals surface area contributed by atoms with E-state index in [-0.39, 0.29) is 11.8 Å². The van der Waals surface area contributed by atoms with E-state index in [0.717, 1.165) is 31.2 Å². The number of hydrogen-bond donors (Lipinski definition) is 2. The van der Waals surface area contributed by atoms with E-state index < -0.39 is 6.04 Å². The predicted molar refractivity (Wildman–Crippen MR) is 113 cm³/mol. The van der Waals surface area contributed by atoms with Gasteiger partial charge >= 0.3 is 0 Å². The lowest BCUT2D eigenvalue weighted by Gasteiger charge is -2.29. The molecule has 0 bridgehead atoms. The third-order valence-corrected chi connectivity index (χ3v) is 5.95. The molecule has 150 valence electrons. The van der Waals surface area contributed by atoms with Gasteiger partial charge in [-0.2, -0.15) is 0 Å². The van der Waals surface area contributed by atoms with Crippen LogP contribution in [0.4, 0.5) is 5.13 Å². The number of benzene rings is 1. The second-order valence-corrected chi connectivity index (χ2v) is 8.59. The Morgan fingerprint density at radius 3 is 2.64 bits per heavy atom. The minimum atomic E-state index is -0.681. The Morgan fingerprint density at radius 2 is 1.96 bits per heavy atom. The summed E-state index contributed by atoms with van der Waals surface area (Å²) >= 11 is 7.23. The predicted octanol–water partition coefficient (Wildman–Crippen LogP) is 3.79. The van der Waals surface area contributed by atoms with Crippen molar-refractivity contribution in [2.75, 3.05) is 18.4 Å². The van der Waals surface area contributed by atoms with Crippen molar-refractivity contribution in [3.63, 3.8) is 0 Å². The van der Waals surface area contributed by atoms with E-state index in [2.05, 4.69) is 27.4 Å². The maximum absolute atomic E-state index is 12.4. The first-order valence-corrected chi connectivity index (χ1v) is 10.7. The minimum Gasteiger partial charge on any atom is -0.341 e. The van der Waals surface area contributed by atoms with Gasteiger partial charge in [0.05, 0.1) is 5.69 Å². The second kappa shape index (κ2) is 9.49. The molecule has 3 rings (SSSR count). The van der Waals surface area contributed by atoms with E-state index in [0.29, 0.717) is 15.7 Å². The van der Waals surface area contributed by atoms with Crippen LogP contribution >= 0.6 is 22.9 Å². The van der Waals surface area contributed by atoms with Crippen LogP contribution in [0.2, 0.25) is 5.02 Å². The molecule has 8 heteroatoms. The van der Waals surface area contributed by atoms with Crippen molar-refractivity contribution in [1.29, 1.82) is 0 Å². The summed E-state index contributed by atoms with van der Waals surface area (Å²) in [4.78, 5) is 31.5. The van der Waals surface area contributed by atoms with Crippen molar-refractivity contribution in [2.24, 2.45) is 5.92 Å². The molecule has 1 atom stereocenters. The molecule has 1 fully saturated rings. The highest BCUT2D eigenvalue weighted by atomic mass is 35.5. The normalized spacial score (nSPS) is 16.5. The number of nitrogens with one attached hydrogen (secondary N) is 2. The first-order valence-electron chi connectivity index (χ1n) is 9.45. The zero-order chi connectivity index (χ0) is 20.1. The average Bonchev–Trinajstić information content (AvgIpc) is 3.10. The molecule has 0 spiro atoms. The number of piperidine rings is 1. The fourth-order valence-electron chi connectivity index (χ4n) is 3.05. The molecule has 1 aromatic heterocycles. The molecule has 0 aliphatic carbocycles. The summed E-state index contributed by atoms with van der Waals surface area (Å²) in [5, 5.41) is 8.56. The second-order valence-electron chi connectivity index (χ2n) is 7.29. The Hall–Kier alpha value is -1.96. The van der Waals surface area contributed by atoms with E-state index in [1.54, 1.807) is 31.2 Å². The molecule has 6 nitrogen and oxygen atoms in total. The number of aromatic nitrogens is 1. The molecule has 1 aromatic carbocycles. The zero-order valence-corrected chi connectivity index (χ0v) is 17.6. The third kappa shape index (κ3) is 5.77. The Balaban J connectivity index is 1.49. The van der Waals surface area contributed by atoms with Gasteiger partial charge in [0.1, 0.15) is 6.04 Å². The number of carbonyl (C=O) groups excluding carboxylic acids is 2. The molecule has 1 saturated heterocycles. The Kier molecular flexibility index (Phi) is 7.04. The van der Waals surface area contributed by atoms with Gasteiger partial charge in [0, 0.05) is 22.5 Å². The molecule has 2 N–H and O–H groups in total. The van der Waals surface area contributed by atoms with E-state index in [1.165, 1.54) is 24.2 Å². The highest BCUT2D eigenvalue weighted by Crippen LogP contribution is 2.21. The van der Waals surface area contributed by atoms with E-state index in [9.17, 15) is 9.59 Å². The van der Waals surface area contributed by atoms with E-state index in [1.807, 2.05) is 5.38 Å². The summed E-state index contributed by atoms with van der Waals surface area (Å²) in [5.41, 5.74) is 1.42. The van der Waals surface area contributed by atoms with Crippen LogP contribution in [0.1, 0.15) is 42.7 Å². The highest BCUT2D eigenvalue weighted by Gasteiger charge is 2.19. The molecule has 1 aliphatic rings. The first-order chi connectivity index (χ1) is 13.4. The van der Waals surface area contributed by atoms with Crippen LogP contribution < -0.4 is 10.6 Å². The van der Waals surface area contributed by atoms with Crippen LogP contribution in [-0.2, 0) is 11.3 Å². The summed E-state index contributed by atoms with van der Waals surface area (Å²) < 4.78 is 0. The van der Waals surface area contributed by atoms with Gasteiger partial charge in [0.25, 0.3) is 5.91 Å². The van der Waals surface area contributed by atoms with Crippen molar-refractivity contribution < 1.29 is 9.59 Å². The number of rotatable bonds is 6. The average molecular weight is 421 g/mol. The largest absolute Gasteiger partial charge is 0.341 e. The molecule has 28 heavy (non-hydrogen) atoms. The monoisotopic (exact) mass is 420 g/mol. The smallest absolute Gasteiger partial charge is 0.251 e. The maximum atomic E-state index is 12.4. The number of halogens is 1. The molecule has 0 radical (unpaired) electrons. The Bertz CT molecular complexity index is 816. The lowest BCUT2D eigenvalue weighted by molar-refractivity contribution is -0.117.